The molecule has 1 aliphatic heterocycles. The van der Waals surface area contributed by atoms with E-state index in [1.165, 1.54) is 6.07 Å². The number of H-pyrrole nitrogens is 1. The number of hydrogen-bond donors (Lipinski definition) is 2. The molecule has 27 heavy (non-hydrogen) atoms. The molecule has 0 saturated carbocycles. The fraction of sp³-hybridized carbons (Fsp3) is 0.158. The number of alkyl halides is 3. The summed E-state index contributed by atoms with van der Waals surface area (Å²) in [6.07, 6.45) is -4.30. The number of carbonyl (C=O) groups is 1. The molecule has 3 aromatic rings. The fourth-order valence-electron chi connectivity index (χ4n) is 3.15. The largest absolute Gasteiger partial charge is 0.439 e. The van der Waals surface area contributed by atoms with Gasteiger partial charge in [0.15, 0.2) is 0 Å². The predicted molar refractivity (Wildman–Crippen MR) is 94.4 cm³/mol. The zero-order valence-corrected chi connectivity index (χ0v) is 14.1. The van der Waals surface area contributed by atoms with Crippen LogP contribution in [0.3, 0.4) is 0 Å². The molecule has 8 heteroatoms. The fourth-order valence-corrected chi connectivity index (χ4v) is 3.15. The third-order valence-corrected chi connectivity index (χ3v) is 4.42. The van der Waals surface area contributed by atoms with E-state index in [4.69, 9.17) is 4.74 Å². The van der Waals surface area contributed by atoms with Crippen molar-refractivity contribution in [1.29, 1.82) is 0 Å². The molecule has 4 rings (SSSR count). The van der Waals surface area contributed by atoms with Crippen LogP contribution in [0.15, 0.2) is 53.8 Å². The van der Waals surface area contributed by atoms with Crippen LogP contribution in [-0.2, 0) is 10.9 Å². The minimum Gasteiger partial charge on any atom is -0.439 e. The summed E-state index contributed by atoms with van der Waals surface area (Å²) in [5, 5.41) is 4.67. The number of cyclic esters (lactones) is 1. The molecule has 1 atom stereocenters. The van der Waals surface area contributed by atoms with Crippen LogP contribution in [-0.4, -0.2) is 22.9 Å². The van der Waals surface area contributed by atoms with Crippen molar-refractivity contribution >= 4 is 22.7 Å². The van der Waals surface area contributed by atoms with E-state index in [0.29, 0.717) is 5.56 Å². The van der Waals surface area contributed by atoms with E-state index in [-0.39, 0.29) is 16.8 Å². The minimum absolute atomic E-state index is 0.0726. The Balaban J connectivity index is 1.84. The average molecular weight is 373 g/mol. The smallest absolute Gasteiger partial charge is 0.428 e. The summed E-state index contributed by atoms with van der Waals surface area (Å²) in [6, 6.07) is 10.9. The van der Waals surface area contributed by atoms with E-state index in [0.717, 1.165) is 17.0 Å². The highest BCUT2D eigenvalue weighted by Gasteiger charge is 2.35. The van der Waals surface area contributed by atoms with Gasteiger partial charge in [-0.15, -0.1) is 0 Å². The maximum atomic E-state index is 13.7. The Bertz CT molecular complexity index is 1070. The Labute approximate surface area is 151 Å². The van der Waals surface area contributed by atoms with Crippen molar-refractivity contribution in [2.75, 3.05) is 0 Å². The molecular formula is C19H14F3N3O2. The number of fused-ring (bicyclic) bond motifs is 1. The lowest BCUT2D eigenvalue weighted by Crippen LogP contribution is -2.37. The molecule has 2 N–H and O–H groups in total. The van der Waals surface area contributed by atoms with Crippen molar-refractivity contribution in [2.45, 2.75) is 19.2 Å². The molecule has 0 unspecified atom stereocenters. The van der Waals surface area contributed by atoms with Gasteiger partial charge in [-0.05, 0) is 47.7 Å². The quantitative estimate of drug-likeness (QED) is 0.685. The van der Waals surface area contributed by atoms with Crippen LogP contribution in [0.5, 0.6) is 0 Å². The van der Waals surface area contributed by atoms with Crippen LogP contribution >= 0.6 is 0 Å². The normalized spacial score (nSPS) is 17.4. The summed E-state index contributed by atoms with van der Waals surface area (Å²) in [5.74, 6) is 0. The Morgan fingerprint density at radius 3 is 2.59 bits per heavy atom. The van der Waals surface area contributed by atoms with Gasteiger partial charge < -0.3 is 9.72 Å². The van der Waals surface area contributed by atoms with Crippen molar-refractivity contribution in [3.8, 4) is 11.1 Å². The van der Waals surface area contributed by atoms with Gasteiger partial charge in [0, 0.05) is 17.3 Å². The van der Waals surface area contributed by atoms with Crippen LogP contribution in [0.1, 0.15) is 18.1 Å². The number of benzene rings is 2. The van der Waals surface area contributed by atoms with Gasteiger partial charge in [0.1, 0.15) is 11.8 Å². The molecule has 0 saturated heterocycles. The van der Waals surface area contributed by atoms with Gasteiger partial charge in [0.25, 0.3) is 0 Å². The van der Waals surface area contributed by atoms with Gasteiger partial charge in [-0.1, -0.05) is 18.2 Å². The van der Waals surface area contributed by atoms with E-state index in [1.54, 1.807) is 43.5 Å². The van der Waals surface area contributed by atoms with E-state index < -0.39 is 23.9 Å². The summed E-state index contributed by atoms with van der Waals surface area (Å²) in [5.41, 5.74) is 3.20. The monoisotopic (exact) mass is 373 g/mol. The second-order valence-corrected chi connectivity index (χ2v) is 6.19. The number of hydrogen-bond acceptors (Lipinski definition) is 3. The molecule has 0 aliphatic carbocycles. The first kappa shape index (κ1) is 17.1. The summed E-state index contributed by atoms with van der Waals surface area (Å²) in [7, 11) is 0. The molecule has 0 bridgehead atoms. The second-order valence-electron chi connectivity index (χ2n) is 6.19. The maximum absolute atomic E-state index is 13.7. The highest BCUT2D eigenvalue weighted by molar-refractivity contribution is 6.06. The predicted octanol–water partition coefficient (Wildman–Crippen LogP) is 4.69. The molecule has 0 radical (unpaired) electrons. The van der Waals surface area contributed by atoms with Crippen molar-refractivity contribution < 1.29 is 22.7 Å². The van der Waals surface area contributed by atoms with Gasteiger partial charge in [0.05, 0.1) is 5.56 Å². The second kappa shape index (κ2) is 6.15. The van der Waals surface area contributed by atoms with Gasteiger partial charge in [-0.3, -0.25) is 0 Å². The number of halogens is 3. The zero-order chi connectivity index (χ0) is 19.2. The lowest BCUT2D eigenvalue weighted by atomic mass is 9.94. The van der Waals surface area contributed by atoms with Crippen LogP contribution in [0, 0.1) is 0 Å². The molecular weight excluding hydrogens is 359 g/mol. The number of aromatic nitrogens is 1. The first-order valence-electron chi connectivity index (χ1n) is 8.16. The Hall–Kier alpha value is -3.29. The molecule has 1 aliphatic rings. The van der Waals surface area contributed by atoms with E-state index in [9.17, 15) is 18.0 Å². The maximum Gasteiger partial charge on any atom is 0.428 e. The minimum atomic E-state index is -4.55. The standard InChI is InChI=1S/C19H14F3N3O2/c1-10-17(24-25-18(26)27-10)13-2-4-14(15(9-13)19(20,21)22)11-3-5-16-12(8-11)6-7-23-16/h2-10,23H,1H3,(H,25,26)/t10-/m0/s1. The van der Waals surface area contributed by atoms with Gasteiger partial charge in [-0.25, -0.2) is 10.2 Å². The van der Waals surface area contributed by atoms with E-state index in [1.807, 2.05) is 0 Å². The molecule has 2 aromatic carbocycles. The third kappa shape index (κ3) is 3.14. The zero-order valence-electron chi connectivity index (χ0n) is 14.1. The van der Waals surface area contributed by atoms with E-state index >= 15 is 0 Å². The topological polar surface area (TPSA) is 66.5 Å². The van der Waals surface area contributed by atoms with Gasteiger partial charge >= 0.3 is 12.3 Å². The number of nitrogens with one attached hydrogen (secondary N) is 2. The van der Waals surface area contributed by atoms with Crippen molar-refractivity contribution in [3.05, 3.63) is 59.8 Å². The van der Waals surface area contributed by atoms with Crippen molar-refractivity contribution in [1.82, 2.24) is 10.4 Å². The van der Waals surface area contributed by atoms with Gasteiger partial charge in [-0.2, -0.15) is 18.3 Å². The SMILES string of the molecule is C[C@@H]1OC(=O)NN=C1c1ccc(-c2ccc3[nH]ccc3c2)c(C(F)(F)F)c1. The number of amides is 1. The first-order chi connectivity index (χ1) is 12.8. The lowest BCUT2D eigenvalue weighted by Gasteiger charge is -2.22. The number of aromatic amines is 1. The summed E-state index contributed by atoms with van der Waals surface area (Å²) >= 11 is 0. The summed E-state index contributed by atoms with van der Waals surface area (Å²) < 4.78 is 46.2. The molecule has 138 valence electrons. The molecule has 2 heterocycles. The molecule has 1 aromatic heterocycles. The number of ether oxygens (including phenoxy) is 1. The highest BCUT2D eigenvalue weighted by Crippen LogP contribution is 2.38. The first-order valence-corrected chi connectivity index (χ1v) is 8.16. The number of hydrazone groups is 1. The average Bonchev–Trinajstić information content (AvgIpc) is 3.08. The Morgan fingerprint density at radius 1 is 1.07 bits per heavy atom. The van der Waals surface area contributed by atoms with E-state index in [2.05, 4.69) is 15.5 Å². The molecule has 0 spiro atoms. The number of carbonyl (C=O) groups excluding carboxylic acids is 1. The number of nitrogens with zero attached hydrogens (tertiary/aromatic N) is 1. The Kier molecular flexibility index (Phi) is 3.91. The Morgan fingerprint density at radius 2 is 1.85 bits per heavy atom. The number of rotatable bonds is 2. The third-order valence-electron chi connectivity index (χ3n) is 4.42. The highest BCUT2D eigenvalue weighted by atomic mass is 19.4. The van der Waals surface area contributed by atoms with Crippen LogP contribution in [0.2, 0.25) is 0 Å². The summed E-state index contributed by atoms with van der Waals surface area (Å²) in [4.78, 5) is 14.2. The summed E-state index contributed by atoms with van der Waals surface area (Å²) in [6.45, 7) is 1.55. The molecule has 5 nitrogen and oxygen atoms in total. The molecule has 0 fully saturated rings. The van der Waals surface area contributed by atoms with Gasteiger partial charge in [0.2, 0.25) is 0 Å². The van der Waals surface area contributed by atoms with Crippen molar-refractivity contribution in [3.63, 3.8) is 0 Å². The molecule has 1 amide bonds. The lowest BCUT2D eigenvalue weighted by molar-refractivity contribution is -0.137. The van der Waals surface area contributed by atoms with Crippen LogP contribution in [0.25, 0.3) is 22.0 Å². The van der Waals surface area contributed by atoms with Crippen LogP contribution < -0.4 is 5.43 Å². The van der Waals surface area contributed by atoms with Crippen LogP contribution in [0.4, 0.5) is 18.0 Å². The van der Waals surface area contributed by atoms with Crippen molar-refractivity contribution in [2.24, 2.45) is 5.10 Å².